The molecule has 5 nitrogen and oxygen atoms in total. The van der Waals surface area contributed by atoms with Gasteiger partial charge in [-0.3, -0.25) is 9.69 Å². The first-order valence-electron chi connectivity index (χ1n) is 10.2. The quantitative estimate of drug-likeness (QED) is 0.582. The topological polar surface area (TPSA) is 52.7 Å². The highest BCUT2D eigenvalue weighted by molar-refractivity contribution is 8.01. The molecule has 1 fully saturated rings. The highest BCUT2D eigenvalue weighted by Gasteiger charge is 2.59. The molecule has 9 heteroatoms. The predicted molar refractivity (Wildman–Crippen MR) is 120 cm³/mol. The summed E-state index contributed by atoms with van der Waals surface area (Å²) in [4.78, 5) is 28.4. The van der Waals surface area contributed by atoms with Crippen molar-refractivity contribution < 1.29 is 22.8 Å². The second-order valence-corrected chi connectivity index (χ2v) is 9.06. The number of carbonyl (C=O) groups is 2. The van der Waals surface area contributed by atoms with Gasteiger partial charge in [0.05, 0.1) is 12.2 Å². The number of hydrogen-bond donors (Lipinski definition) is 1. The smallest absolute Gasteiger partial charge is 0.308 e. The van der Waals surface area contributed by atoms with Crippen LogP contribution in [-0.2, 0) is 16.2 Å². The Hall–Kier alpha value is -3.46. The summed E-state index contributed by atoms with van der Waals surface area (Å²) in [7, 11) is 0. The molecular weight excluding hydrogens is 451 g/mol. The minimum absolute atomic E-state index is 0.0664. The molecule has 0 aromatic heterocycles. The van der Waals surface area contributed by atoms with Gasteiger partial charge in [0.25, 0.3) is 5.91 Å². The van der Waals surface area contributed by atoms with E-state index in [0.29, 0.717) is 22.6 Å². The number of amides is 3. The molecule has 2 heterocycles. The number of urea groups is 1. The van der Waals surface area contributed by atoms with E-state index in [1.165, 1.54) is 76.2 Å². The lowest BCUT2D eigenvalue weighted by molar-refractivity contribution is -0.123. The van der Waals surface area contributed by atoms with Crippen molar-refractivity contribution in [3.63, 3.8) is 0 Å². The first-order chi connectivity index (χ1) is 15.9. The Bertz CT molecular complexity index is 1270. The summed E-state index contributed by atoms with van der Waals surface area (Å²) in [5.41, 5.74) is 1.63. The van der Waals surface area contributed by atoms with Crippen LogP contribution in [0.1, 0.15) is 11.1 Å². The largest absolute Gasteiger partial charge is 0.323 e. The maximum absolute atomic E-state index is 14.3. The third-order valence-corrected chi connectivity index (χ3v) is 7.13. The van der Waals surface area contributed by atoms with Crippen LogP contribution < -0.4 is 10.2 Å². The van der Waals surface area contributed by atoms with Crippen LogP contribution >= 0.6 is 11.8 Å². The Balaban J connectivity index is 1.54. The van der Waals surface area contributed by atoms with Gasteiger partial charge in [0.1, 0.15) is 17.5 Å². The third kappa shape index (κ3) is 3.62. The minimum atomic E-state index is -1.47. The monoisotopic (exact) mass is 469 g/mol. The van der Waals surface area contributed by atoms with Gasteiger partial charge in [0.15, 0.2) is 4.87 Å². The summed E-state index contributed by atoms with van der Waals surface area (Å²) in [6.07, 6.45) is 0. The van der Waals surface area contributed by atoms with E-state index in [4.69, 9.17) is 0 Å². The first kappa shape index (κ1) is 21.4. The Morgan fingerprint density at radius 2 is 1.70 bits per heavy atom. The van der Waals surface area contributed by atoms with E-state index in [1.807, 2.05) is 0 Å². The summed E-state index contributed by atoms with van der Waals surface area (Å²) in [5, 5.41) is 2.63. The molecule has 0 saturated carbocycles. The summed E-state index contributed by atoms with van der Waals surface area (Å²) in [5.74, 6) is -1.44. The molecule has 0 aliphatic carbocycles. The molecule has 168 valence electrons. The van der Waals surface area contributed by atoms with Gasteiger partial charge in [0, 0.05) is 23.5 Å². The zero-order valence-corrected chi connectivity index (χ0v) is 18.0. The molecule has 2 aliphatic rings. The van der Waals surface area contributed by atoms with Gasteiger partial charge in [-0.1, -0.05) is 18.2 Å². The molecule has 0 radical (unpaired) electrons. The fourth-order valence-corrected chi connectivity index (χ4v) is 5.77. The fourth-order valence-electron chi connectivity index (χ4n) is 4.32. The van der Waals surface area contributed by atoms with Gasteiger partial charge in [-0.05, 0) is 54.1 Å². The van der Waals surface area contributed by atoms with Crippen molar-refractivity contribution in [2.45, 2.75) is 11.4 Å². The average Bonchev–Trinajstić information content (AvgIpc) is 3.31. The van der Waals surface area contributed by atoms with E-state index in [9.17, 15) is 22.8 Å². The number of nitrogens with one attached hydrogen (secondary N) is 1. The molecule has 3 aromatic carbocycles. The zero-order chi connectivity index (χ0) is 23.2. The molecule has 1 spiro atoms. The van der Waals surface area contributed by atoms with Crippen LogP contribution in [0.4, 0.5) is 29.3 Å². The van der Waals surface area contributed by atoms with Gasteiger partial charge in [-0.15, -0.1) is 11.8 Å². The van der Waals surface area contributed by atoms with E-state index in [0.717, 1.165) is 0 Å². The molecule has 0 bridgehead atoms. The molecule has 3 amide bonds. The van der Waals surface area contributed by atoms with Gasteiger partial charge in [-0.25, -0.2) is 18.0 Å². The van der Waals surface area contributed by atoms with Crippen molar-refractivity contribution in [2.75, 3.05) is 22.5 Å². The summed E-state index contributed by atoms with van der Waals surface area (Å²) < 4.78 is 41.6. The Morgan fingerprint density at radius 1 is 0.970 bits per heavy atom. The standard InChI is InChI=1S/C24H18F3N3O2S/c25-16-4-1-3-15(11-16)14-29-21-8-7-18(27)13-20(21)24(22(29)31)30(9-10-33-24)23(32)28-19-6-2-5-17(26)12-19/h1-8,11-13H,9-10,14H2,(H,28,32). The number of thioether (sulfide) groups is 1. The second kappa shape index (κ2) is 8.15. The van der Waals surface area contributed by atoms with Gasteiger partial charge < -0.3 is 10.2 Å². The molecule has 5 rings (SSSR count). The van der Waals surface area contributed by atoms with Crippen molar-refractivity contribution in [3.05, 3.63) is 95.3 Å². The SMILES string of the molecule is O=C(Nc1cccc(F)c1)N1CCSC12C(=O)N(Cc1cccc(F)c1)c1ccc(F)cc12. The molecular formula is C24H18F3N3O2S. The van der Waals surface area contributed by atoms with Crippen LogP contribution in [0.2, 0.25) is 0 Å². The van der Waals surface area contributed by atoms with E-state index in [1.54, 1.807) is 12.1 Å². The van der Waals surface area contributed by atoms with Crippen molar-refractivity contribution in [3.8, 4) is 0 Å². The normalized spacial score (nSPS) is 19.3. The van der Waals surface area contributed by atoms with Crippen LogP contribution in [0, 0.1) is 17.5 Å². The molecule has 1 unspecified atom stereocenters. The van der Waals surface area contributed by atoms with E-state index >= 15 is 0 Å². The molecule has 1 N–H and O–H groups in total. The van der Waals surface area contributed by atoms with E-state index < -0.39 is 34.3 Å². The summed E-state index contributed by atoms with van der Waals surface area (Å²) in [6.45, 7) is 0.304. The van der Waals surface area contributed by atoms with Crippen molar-refractivity contribution in [2.24, 2.45) is 0 Å². The van der Waals surface area contributed by atoms with Crippen molar-refractivity contribution in [1.29, 1.82) is 0 Å². The average molecular weight is 469 g/mol. The predicted octanol–water partition coefficient (Wildman–Crippen LogP) is 5.08. The fraction of sp³-hybridized carbons (Fsp3) is 0.167. The summed E-state index contributed by atoms with van der Waals surface area (Å²) in [6, 6.07) is 14.7. The van der Waals surface area contributed by atoms with Crippen molar-refractivity contribution in [1.82, 2.24) is 4.90 Å². The number of rotatable bonds is 3. The Labute approximate surface area is 192 Å². The lowest BCUT2D eigenvalue weighted by Gasteiger charge is -2.33. The third-order valence-electron chi connectivity index (χ3n) is 5.71. The molecule has 33 heavy (non-hydrogen) atoms. The molecule has 1 atom stereocenters. The minimum Gasteiger partial charge on any atom is -0.308 e. The van der Waals surface area contributed by atoms with E-state index in [2.05, 4.69) is 5.32 Å². The highest BCUT2D eigenvalue weighted by Crippen LogP contribution is 2.54. The highest BCUT2D eigenvalue weighted by atomic mass is 32.2. The lowest BCUT2D eigenvalue weighted by atomic mass is 10.1. The maximum atomic E-state index is 14.3. The van der Waals surface area contributed by atoms with Crippen molar-refractivity contribution >= 4 is 35.1 Å². The number of benzene rings is 3. The number of hydrogen-bond acceptors (Lipinski definition) is 3. The maximum Gasteiger partial charge on any atom is 0.323 e. The second-order valence-electron chi connectivity index (χ2n) is 7.77. The van der Waals surface area contributed by atoms with Crippen LogP contribution in [0.15, 0.2) is 66.7 Å². The van der Waals surface area contributed by atoms with E-state index in [-0.39, 0.29) is 18.8 Å². The number of fused-ring (bicyclic) bond motifs is 2. The number of nitrogens with zero attached hydrogens (tertiary/aromatic N) is 2. The Kier molecular flexibility index (Phi) is 5.28. The molecule has 3 aromatic rings. The van der Waals surface area contributed by atoms with Gasteiger partial charge in [-0.2, -0.15) is 0 Å². The lowest BCUT2D eigenvalue weighted by Crippen LogP contribution is -2.51. The number of anilines is 2. The van der Waals surface area contributed by atoms with Gasteiger partial charge in [0.2, 0.25) is 0 Å². The Morgan fingerprint density at radius 3 is 2.45 bits per heavy atom. The molecule has 2 aliphatic heterocycles. The molecule has 1 saturated heterocycles. The number of halogens is 3. The zero-order valence-electron chi connectivity index (χ0n) is 17.2. The van der Waals surface area contributed by atoms with Crippen LogP contribution in [0.25, 0.3) is 0 Å². The summed E-state index contributed by atoms with van der Waals surface area (Å²) >= 11 is 1.24. The first-order valence-corrected chi connectivity index (χ1v) is 11.2. The van der Waals surface area contributed by atoms with Crippen LogP contribution in [0.5, 0.6) is 0 Å². The number of carbonyl (C=O) groups excluding carboxylic acids is 2. The van der Waals surface area contributed by atoms with Crippen LogP contribution in [-0.4, -0.2) is 29.1 Å². The van der Waals surface area contributed by atoms with Gasteiger partial charge >= 0.3 is 6.03 Å². The van der Waals surface area contributed by atoms with Crippen LogP contribution in [0.3, 0.4) is 0 Å².